The standard InChI is InChI=1S/C36H35ClF3N9O7/c37-23-9-7-22(8-10-23)35(15-16-35)49-33-46-32(47-34(48-33)56-19-36(38,39)40)44-24-11-5-21(6-12-24)28(51)45-26(31(54)55)14-17-42-29(52)30(53)43-25-3-1-2-20(18-25)4-13-27(41)50/h1-3,5-12,18,26H,4,13-17,19H2,(H2,41,50)(H,42,52)(H,43,53)(H,45,51)(H,54,55)(H2,44,46,47,48,49)/t26-/m0/s1. The third-order valence-corrected chi connectivity index (χ3v) is 8.51. The molecule has 4 amide bonds. The number of rotatable bonds is 17. The predicted octanol–water partition coefficient (Wildman–Crippen LogP) is 4.06. The number of carbonyl (C=O) groups excluding carboxylic acids is 4. The van der Waals surface area contributed by atoms with Crippen LogP contribution in [-0.4, -0.2) is 75.0 Å². The normalized spacial score (nSPS) is 13.4. The molecule has 1 aliphatic rings. The van der Waals surface area contributed by atoms with Crippen LogP contribution in [0.25, 0.3) is 0 Å². The molecule has 8 N–H and O–H groups in total. The number of nitrogens with zero attached hydrogens (tertiary/aromatic N) is 3. The summed E-state index contributed by atoms with van der Waals surface area (Å²) in [7, 11) is 0. The van der Waals surface area contributed by atoms with Crippen molar-refractivity contribution < 1.29 is 47.0 Å². The molecule has 5 rings (SSSR count). The van der Waals surface area contributed by atoms with Crippen molar-refractivity contribution >= 4 is 64.5 Å². The number of aromatic nitrogens is 3. The van der Waals surface area contributed by atoms with Crippen molar-refractivity contribution in [3.8, 4) is 6.01 Å². The highest BCUT2D eigenvalue weighted by molar-refractivity contribution is 6.39. The second-order valence-corrected chi connectivity index (χ2v) is 13.1. The molecule has 1 fully saturated rings. The predicted molar refractivity (Wildman–Crippen MR) is 196 cm³/mol. The third-order valence-electron chi connectivity index (χ3n) is 8.25. The minimum absolute atomic E-state index is 0.0501. The minimum Gasteiger partial charge on any atom is -0.480 e. The van der Waals surface area contributed by atoms with E-state index in [1.165, 1.54) is 24.3 Å². The quantitative estimate of drug-likeness (QED) is 0.0749. The largest absolute Gasteiger partial charge is 0.480 e. The van der Waals surface area contributed by atoms with Crippen LogP contribution in [0.1, 0.15) is 47.2 Å². The molecular weight excluding hydrogens is 763 g/mol. The topological polar surface area (TPSA) is 240 Å². The molecule has 20 heteroatoms. The van der Waals surface area contributed by atoms with E-state index in [-0.39, 0.29) is 36.8 Å². The van der Waals surface area contributed by atoms with Gasteiger partial charge in [-0.15, -0.1) is 0 Å². The number of carbonyl (C=O) groups is 5. The van der Waals surface area contributed by atoms with E-state index in [2.05, 4.69) is 41.5 Å². The highest BCUT2D eigenvalue weighted by Crippen LogP contribution is 2.48. The summed E-state index contributed by atoms with van der Waals surface area (Å²) in [5.41, 5.74) is 6.84. The summed E-state index contributed by atoms with van der Waals surface area (Å²) in [6, 6.07) is 17.1. The van der Waals surface area contributed by atoms with E-state index in [0.717, 1.165) is 5.56 Å². The molecule has 1 saturated carbocycles. The number of alkyl halides is 3. The first-order valence-electron chi connectivity index (χ1n) is 16.9. The lowest BCUT2D eigenvalue weighted by Gasteiger charge is -2.19. The first-order valence-corrected chi connectivity index (χ1v) is 17.3. The summed E-state index contributed by atoms with van der Waals surface area (Å²) in [5, 5.41) is 23.3. The lowest BCUT2D eigenvalue weighted by molar-refractivity contribution is -0.154. The van der Waals surface area contributed by atoms with E-state index >= 15 is 0 Å². The number of aliphatic carboxylic acids is 1. The first kappa shape index (κ1) is 40.7. The molecule has 4 aromatic rings. The van der Waals surface area contributed by atoms with Crippen LogP contribution in [0.3, 0.4) is 0 Å². The summed E-state index contributed by atoms with van der Waals surface area (Å²) in [6.07, 6.45) is -3.09. The molecule has 0 unspecified atom stereocenters. The van der Waals surface area contributed by atoms with Crippen molar-refractivity contribution in [1.29, 1.82) is 0 Å². The minimum atomic E-state index is -4.65. The zero-order valence-corrected chi connectivity index (χ0v) is 30.0. The van der Waals surface area contributed by atoms with Crippen molar-refractivity contribution in [2.75, 3.05) is 29.1 Å². The molecule has 3 aromatic carbocycles. The van der Waals surface area contributed by atoms with Crippen LogP contribution in [-0.2, 0) is 31.1 Å². The fraction of sp³-hybridized carbons (Fsp3) is 0.278. The number of hydrogen-bond donors (Lipinski definition) is 7. The Kier molecular flexibility index (Phi) is 12.9. The molecule has 0 aliphatic heterocycles. The number of hydrogen-bond acceptors (Lipinski definition) is 11. The fourth-order valence-electron chi connectivity index (χ4n) is 5.28. The van der Waals surface area contributed by atoms with E-state index in [1.807, 2.05) is 12.1 Å². The van der Waals surface area contributed by atoms with Crippen LogP contribution in [0, 0.1) is 0 Å². The summed E-state index contributed by atoms with van der Waals surface area (Å²) < 4.78 is 43.6. The van der Waals surface area contributed by atoms with Crippen LogP contribution in [0.5, 0.6) is 6.01 Å². The van der Waals surface area contributed by atoms with E-state index in [0.29, 0.717) is 41.2 Å². The Morgan fingerprint density at radius 3 is 2.25 bits per heavy atom. The van der Waals surface area contributed by atoms with Crippen molar-refractivity contribution in [1.82, 2.24) is 25.6 Å². The van der Waals surface area contributed by atoms with Gasteiger partial charge in [-0.1, -0.05) is 35.9 Å². The lowest BCUT2D eigenvalue weighted by Crippen LogP contribution is -2.44. The molecule has 0 bridgehead atoms. The lowest BCUT2D eigenvalue weighted by atomic mass is 10.1. The monoisotopic (exact) mass is 797 g/mol. The van der Waals surface area contributed by atoms with Gasteiger partial charge in [-0.05, 0) is 85.3 Å². The SMILES string of the molecule is NC(=O)CCc1cccc(NC(=O)C(=O)NCC[C@H](NC(=O)c2ccc(Nc3nc(NC4(c5ccc(Cl)cc5)CC4)nc(OCC(F)(F)F)n3)cc2)C(=O)O)c1. The van der Waals surface area contributed by atoms with E-state index in [4.69, 9.17) is 22.1 Å². The Hall–Kier alpha value is -6.50. The zero-order valence-electron chi connectivity index (χ0n) is 29.3. The maximum atomic E-state index is 12.9. The average molecular weight is 798 g/mol. The number of carboxylic acids is 1. The molecule has 16 nitrogen and oxygen atoms in total. The van der Waals surface area contributed by atoms with Gasteiger partial charge < -0.3 is 42.2 Å². The maximum Gasteiger partial charge on any atom is 0.422 e. The van der Waals surface area contributed by atoms with Gasteiger partial charge in [0.05, 0.1) is 5.54 Å². The highest BCUT2D eigenvalue weighted by Gasteiger charge is 2.45. The number of nitrogens with one attached hydrogen (secondary N) is 5. The second kappa shape index (κ2) is 17.8. The molecule has 1 aromatic heterocycles. The number of halogens is 4. The Labute approximate surface area is 321 Å². The van der Waals surface area contributed by atoms with Crippen molar-refractivity contribution in [2.45, 2.75) is 49.9 Å². The molecule has 56 heavy (non-hydrogen) atoms. The van der Waals surface area contributed by atoms with Crippen LogP contribution in [0.15, 0.2) is 72.8 Å². The maximum absolute atomic E-state index is 12.9. The fourth-order valence-corrected chi connectivity index (χ4v) is 5.40. The number of ether oxygens (including phenoxy) is 1. The molecule has 1 aliphatic carbocycles. The summed E-state index contributed by atoms with van der Waals surface area (Å²) in [5.74, 6) is -4.92. The molecule has 0 radical (unpaired) electrons. The van der Waals surface area contributed by atoms with Gasteiger partial charge in [-0.2, -0.15) is 28.1 Å². The van der Waals surface area contributed by atoms with Gasteiger partial charge in [-0.25, -0.2) is 4.79 Å². The summed E-state index contributed by atoms with van der Waals surface area (Å²) in [4.78, 5) is 72.9. The van der Waals surface area contributed by atoms with Gasteiger partial charge >= 0.3 is 30.0 Å². The molecule has 0 saturated heterocycles. The summed E-state index contributed by atoms with van der Waals surface area (Å²) >= 11 is 6.02. The van der Waals surface area contributed by atoms with Crippen LogP contribution < -0.4 is 37.1 Å². The Morgan fingerprint density at radius 2 is 1.61 bits per heavy atom. The Balaban J connectivity index is 1.17. The van der Waals surface area contributed by atoms with Gasteiger partial charge in [-0.3, -0.25) is 19.2 Å². The number of amides is 4. The molecule has 294 valence electrons. The van der Waals surface area contributed by atoms with E-state index in [9.17, 15) is 42.3 Å². The number of primary amides is 1. The number of benzene rings is 3. The first-order chi connectivity index (χ1) is 26.6. The van der Waals surface area contributed by atoms with Crippen molar-refractivity contribution in [2.24, 2.45) is 5.73 Å². The number of anilines is 4. The van der Waals surface area contributed by atoms with Gasteiger partial charge in [0, 0.05) is 34.9 Å². The highest BCUT2D eigenvalue weighted by atomic mass is 35.5. The van der Waals surface area contributed by atoms with Crippen molar-refractivity contribution in [3.63, 3.8) is 0 Å². The van der Waals surface area contributed by atoms with Crippen LogP contribution in [0.4, 0.5) is 36.4 Å². The van der Waals surface area contributed by atoms with Crippen LogP contribution in [0.2, 0.25) is 5.02 Å². The number of aryl methyl sites for hydroxylation is 1. The second-order valence-electron chi connectivity index (χ2n) is 12.6. The molecular formula is C36H35ClF3N9O7. The smallest absolute Gasteiger partial charge is 0.422 e. The molecule has 0 spiro atoms. The zero-order chi connectivity index (χ0) is 40.5. The van der Waals surface area contributed by atoms with E-state index < -0.39 is 60.0 Å². The average Bonchev–Trinajstić information content (AvgIpc) is 3.93. The Morgan fingerprint density at radius 1 is 0.911 bits per heavy atom. The van der Waals surface area contributed by atoms with E-state index in [1.54, 1.807) is 36.4 Å². The van der Waals surface area contributed by atoms with Gasteiger partial charge in [0.1, 0.15) is 6.04 Å². The van der Waals surface area contributed by atoms with Gasteiger partial charge in [0.25, 0.3) is 5.91 Å². The summed E-state index contributed by atoms with van der Waals surface area (Å²) in [6.45, 7) is -1.92. The van der Waals surface area contributed by atoms with Crippen molar-refractivity contribution in [3.05, 3.63) is 94.5 Å². The molecule has 1 heterocycles. The number of nitrogens with two attached hydrogens (primary N) is 1. The van der Waals surface area contributed by atoms with Gasteiger partial charge in [0.15, 0.2) is 6.61 Å². The Bertz CT molecular complexity index is 2080. The molecule has 1 atom stereocenters. The van der Waals surface area contributed by atoms with Gasteiger partial charge in [0.2, 0.25) is 17.8 Å². The van der Waals surface area contributed by atoms with Crippen LogP contribution >= 0.6 is 11.6 Å². The third kappa shape index (κ3) is 12.0. The number of carboxylic acid groups (broad SMARTS) is 1.